The van der Waals surface area contributed by atoms with Crippen LogP contribution in [0.1, 0.15) is 43.0 Å². The Bertz CT molecular complexity index is 2320. The van der Waals surface area contributed by atoms with E-state index in [0.717, 1.165) is 24.4 Å². The minimum atomic E-state index is -5.45. The average Bonchev–Trinajstić information content (AvgIpc) is 3.42. The molecule has 6 N–H and O–H groups in total. The number of ether oxygens (including phenoxy) is 1. The second kappa shape index (κ2) is 13.3. The summed E-state index contributed by atoms with van der Waals surface area (Å²) in [4.78, 5) is 14.0. The topological polar surface area (TPSA) is 159 Å². The van der Waals surface area contributed by atoms with Crippen LogP contribution in [0.15, 0.2) is 36.3 Å². The van der Waals surface area contributed by atoms with Gasteiger partial charge in [0.25, 0.3) is 0 Å². The lowest BCUT2D eigenvalue weighted by Crippen LogP contribution is -2.44. The largest absolute Gasteiger partial charge is 0.506 e. The van der Waals surface area contributed by atoms with Crippen LogP contribution in [-0.4, -0.2) is 51.7 Å². The summed E-state index contributed by atoms with van der Waals surface area (Å²) >= 11 is 0.581. The first-order valence-corrected chi connectivity index (χ1v) is 16.3. The summed E-state index contributed by atoms with van der Waals surface area (Å²) < 4.78 is 111. The molecule has 1 aliphatic rings. The van der Waals surface area contributed by atoms with E-state index in [4.69, 9.17) is 16.2 Å². The fraction of sp³-hybridized carbons (Fsp3) is 0.294. The summed E-state index contributed by atoms with van der Waals surface area (Å²) in [6.07, 6.45) is -3.75. The predicted octanol–water partition coefficient (Wildman–Crippen LogP) is 7.83. The van der Waals surface area contributed by atoms with Gasteiger partial charge in [0.05, 0.1) is 34.2 Å². The van der Waals surface area contributed by atoms with Crippen molar-refractivity contribution in [2.45, 2.75) is 32.5 Å². The number of phenolic OH excluding ortho intramolecular Hbond substituents is 1. The van der Waals surface area contributed by atoms with E-state index in [1.807, 2.05) is 11.9 Å². The van der Waals surface area contributed by atoms with Gasteiger partial charge in [-0.3, -0.25) is 0 Å². The van der Waals surface area contributed by atoms with Crippen molar-refractivity contribution in [1.29, 1.82) is 5.26 Å². The van der Waals surface area contributed by atoms with Crippen molar-refractivity contribution in [3.63, 3.8) is 0 Å². The van der Waals surface area contributed by atoms with Gasteiger partial charge in [0.1, 0.15) is 57.8 Å². The number of benzene rings is 2. The number of pyridine rings is 1. The quantitative estimate of drug-likeness (QED) is 0.121. The molecule has 18 heteroatoms. The number of phenols is 1. The lowest BCUT2D eigenvalue weighted by atomic mass is 9.78. The first kappa shape index (κ1) is 36.4. The smallest absolute Gasteiger partial charge is 0.420 e. The van der Waals surface area contributed by atoms with Crippen LogP contribution >= 0.6 is 11.3 Å². The normalized spacial score (nSPS) is 18.2. The van der Waals surface area contributed by atoms with E-state index in [0.29, 0.717) is 42.8 Å². The number of nitrogens with two attached hydrogens (primary N) is 2. The van der Waals surface area contributed by atoms with Gasteiger partial charge in [0, 0.05) is 35.0 Å². The average molecular weight is 747 g/mol. The summed E-state index contributed by atoms with van der Waals surface area (Å²) in [7, 11) is 1.82. The van der Waals surface area contributed by atoms with Gasteiger partial charge in [-0.25, -0.2) is 22.5 Å². The number of anilines is 3. The lowest BCUT2D eigenvalue weighted by Gasteiger charge is -2.40. The zero-order valence-electron chi connectivity index (χ0n) is 27.6. The minimum absolute atomic E-state index is 0.0464. The van der Waals surface area contributed by atoms with Crippen LogP contribution in [0.3, 0.4) is 0 Å². The Balaban J connectivity index is 1.64. The number of piperidine rings is 1. The van der Waals surface area contributed by atoms with Gasteiger partial charge in [-0.05, 0) is 43.7 Å². The highest BCUT2D eigenvalue weighted by Crippen LogP contribution is 2.52. The Morgan fingerprint density at radius 3 is 2.62 bits per heavy atom. The molecule has 1 saturated heterocycles. The summed E-state index contributed by atoms with van der Waals surface area (Å²) in [5.74, 6) is -5.58. The van der Waals surface area contributed by atoms with E-state index in [1.165, 1.54) is 6.92 Å². The highest BCUT2D eigenvalue weighted by atomic mass is 32.1. The van der Waals surface area contributed by atoms with Gasteiger partial charge in [0.15, 0.2) is 5.82 Å². The Morgan fingerprint density at radius 2 is 1.94 bits per heavy atom. The number of fused-ring (bicyclic) bond motifs is 2. The molecule has 4 heterocycles. The zero-order valence-corrected chi connectivity index (χ0v) is 28.4. The summed E-state index contributed by atoms with van der Waals surface area (Å²) in [6.45, 7) is 3.80. The van der Waals surface area contributed by atoms with E-state index in [2.05, 4.69) is 20.3 Å². The van der Waals surface area contributed by atoms with Crippen molar-refractivity contribution in [3.05, 3.63) is 70.4 Å². The number of nitrogen functional groups attached to an aromatic ring is 2. The number of nitriles is 1. The molecular weight excluding hydrogens is 717 g/mol. The molecule has 1 fully saturated rings. The maximum Gasteiger partial charge on any atom is 0.420 e. The van der Waals surface area contributed by atoms with Gasteiger partial charge in [-0.1, -0.05) is 13.0 Å². The van der Waals surface area contributed by atoms with Gasteiger partial charge in [-0.15, -0.1) is 11.3 Å². The number of alkyl halides is 3. The number of aromatic nitrogens is 3. The second-order valence-corrected chi connectivity index (χ2v) is 13.8. The molecule has 0 bridgehead atoms. The molecule has 0 radical (unpaired) electrons. The predicted molar refractivity (Wildman–Crippen MR) is 182 cm³/mol. The summed E-state index contributed by atoms with van der Waals surface area (Å²) in [5.41, 5.74) is 6.39. The van der Waals surface area contributed by atoms with Crippen LogP contribution in [0.4, 0.5) is 47.4 Å². The molecule has 5 aromatic rings. The van der Waals surface area contributed by atoms with Crippen molar-refractivity contribution >= 4 is 49.0 Å². The number of thiophene rings is 1. The van der Waals surface area contributed by atoms with Crippen LogP contribution in [0.5, 0.6) is 11.8 Å². The third kappa shape index (κ3) is 6.23. The standard InChI is InChI=1S/C34H29F7N8O2S/c1-14(18-8-16(36)11-45-29(18)43)46-31-23-26(47-32(48-31)51-13-33(2)12-49(3)7-6-15(33)9-35)25(38)22(24(27(23)50)34(39,40)41)17-4-5-20(37)28-21(17)19(10-42)30(44)52-28/h4-5,8-9,11,14,50H,6-7,12-13,44H2,1-3H3,(H2,43,45)(H,46,47,48)/b15-9+/t14-,33+/m1/s1. The van der Waals surface area contributed by atoms with E-state index in [9.17, 15) is 36.7 Å². The number of rotatable bonds is 7. The Morgan fingerprint density at radius 1 is 1.21 bits per heavy atom. The first-order valence-electron chi connectivity index (χ1n) is 15.5. The number of nitrogens with one attached hydrogen (secondary N) is 1. The number of nitrogens with zero attached hydrogens (tertiary/aromatic N) is 5. The minimum Gasteiger partial charge on any atom is -0.506 e. The lowest BCUT2D eigenvalue weighted by molar-refractivity contribution is -0.138. The van der Waals surface area contributed by atoms with Crippen LogP contribution in [-0.2, 0) is 6.18 Å². The Kier molecular flexibility index (Phi) is 9.30. The molecule has 0 saturated carbocycles. The molecule has 272 valence electrons. The Labute approximate surface area is 295 Å². The molecule has 10 nitrogen and oxygen atoms in total. The SMILES string of the molecule is C[C@@H](Nc1nc(OC[C@]2(C)CN(C)CC/C2=C\F)nc2c(F)c(-c3ccc(F)c4sc(N)c(C#N)c34)c(C(F)(F)F)c(O)c12)c1cc(F)cnc1N. The van der Waals surface area contributed by atoms with Crippen molar-refractivity contribution in [3.8, 4) is 29.0 Å². The monoisotopic (exact) mass is 746 g/mol. The number of aromatic hydroxyl groups is 1. The van der Waals surface area contributed by atoms with Crippen LogP contribution in [0, 0.1) is 34.2 Å². The molecule has 6 rings (SSSR count). The van der Waals surface area contributed by atoms with Crippen LogP contribution in [0.2, 0.25) is 0 Å². The van der Waals surface area contributed by atoms with Crippen molar-refractivity contribution in [1.82, 2.24) is 19.9 Å². The molecule has 0 aliphatic carbocycles. The highest BCUT2D eigenvalue weighted by molar-refractivity contribution is 7.23. The number of hydrogen-bond acceptors (Lipinski definition) is 11. The van der Waals surface area contributed by atoms with Gasteiger partial charge in [0.2, 0.25) is 0 Å². The van der Waals surface area contributed by atoms with E-state index in [1.54, 1.807) is 13.0 Å². The molecule has 2 atom stereocenters. The van der Waals surface area contributed by atoms with E-state index < -0.39 is 91.2 Å². The zero-order chi connectivity index (χ0) is 37.9. The molecule has 1 aliphatic heterocycles. The van der Waals surface area contributed by atoms with Gasteiger partial charge >= 0.3 is 12.2 Å². The van der Waals surface area contributed by atoms with Gasteiger partial charge < -0.3 is 31.5 Å². The van der Waals surface area contributed by atoms with Crippen molar-refractivity contribution < 1.29 is 40.6 Å². The first-order chi connectivity index (χ1) is 24.5. The summed E-state index contributed by atoms with van der Waals surface area (Å²) in [5, 5.41) is 22.6. The number of likely N-dealkylation sites (tertiary alicyclic amines) is 1. The van der Waals surface area contributed by atoms with Crippen LogP contribution in [0.25, 0.3) is 32.1 Å². The molecule has 0 amide bonds. The third-order valence-electron chi connectivity index (χ3n) is 9.07. The fourth-order valence-corrected chi connectivity index (χ4v) is 7.48. The summed E-state index contributed by atoms with van der Waals surface area (Å²) in [6, 6.07) is 2.74. The Hall–Kier alpha value is -5.41. The molecular formula is C34H29F7N8O2S. The van der Waals surface area contributed by atoms with Gasteiger partial charge in [-0.2, -0.15) is 28.4 Å². The van der Waals surface area contributed by atoms with Crippen LogP contribution < -0.4 is 21.5 Å². The number of halogens is 7. The maximum absolute atomic E-state index is 17.0. The highest BCUT2D eigenvalue weighted by Gasteiger charge is 2.43. The maximum atomic E-state index is 17.0. The molecule has 3 aromatic heterocycles. The third-order valence-corrected chi connectivity index (χ3v) is 10.1. The molecule has 52 heavy (non-hydrogen) atoms. The molecule has 0 spiro atoms. The van der Waals surface area contributed by atoms with Crippen molar-refractivity contribution in [2.75, 3.05) is 43.5 Å². The second-order valence-electron chi connectivity index (χ2n) is 12.7. The number of hydrogen-bond donors (Lipinski definition) is 4. The fourth-order valence-electron chi connectivity index (χ4n) is 6.53. The van der Waals surface area contributed by atoms with E-state index >= 15 is 4.39 Å². The van der Waals surface area contributed by atoms with Crippen molar-refractivity contribution in [2.24, 2.45) is 5.41 Å². The van der Waals surface area contributed by atoms with E-state index in [-0.39, 0.29) is 27.7 Å². The molecule has 0 unspecified atom stereocenters. The molecule has 2 aromatic carbocycles.